The van der Waals surface area contributed by atoms with Gasteiger partial charge in [-0.05, 0) is 6.07 Å². The van der Waals surface area contributed by atoms with E-state index in [1.807, 2.05) is 0 Å². The number of alkyl halides is 3. The maximum atomic E-state index is 13.8. The molecule has 0 bridgehead atoms. The van der Waals surface area contributed by atoms with Gasteiger partial charge in [-0.3, -0.25) is 4.90 Å². The third-order valence-corrected chi connectivity index (χ3v) is 3.44. The molecule has 1 saturated heterocycles. The van der Waals surface area contributed by atoms with Crippen LogP contribution in [0.25, 0.3) is 0 Å². The molecule has 1 atom stereocenters. The van der Waals surface area contributed by atoms with Gasteiger partial charge < -0.3 is 5.32 Å². The molecule has 2 rings (SSSR count). The van der Waals surface area contributed by atoms with Crippen molar-refractivity contribution in [1.29, 1.82) is 0 Å². The van der Waals surface area contributed by atoms with Crippen molar-refractivity contribution >= 4 is 0 Å². The Morgan fingerprint density at radius 2 is 1.67 bits per heavy atom. The maximum absolute atomic E-state index is 13.8. The van der Waals surface area contributed by atoms with Gasteiger partial charge in [-0.25, -0.2) is 13.2 Å². The molecule has 0 amide bonds. The molecule has 1 heterocycles. The Balaban J connectivity index is 2.36. The van der Waals surface area contributed by atoms with Crippen LogP contribution in [0.1, 0.15) is 18.0 Å². The van der Waals surface area contributed by atoms with E-state index in [1.165, 1.54) is 4.90 Å². The van der Waals surface area contributed by atoms with E-state index in [9.17, 15) is 26.3 Å². The van der Waals surface area contributed by atoms with E-state index in [2.05, 4.69) is 5.32 Å². The smallest absolute Gasteiger partial charge is 0.314 e. The van der Waals surface area contributed by atoms with Crippen LogP contribution in [0.2, 0.25) is 0 Å². The van der Waals surface area contributed by atoms with Gasteiger partial charge in [-0.15, -0.1) is 0 Å². The second kappa shape index (κ2) is 6.23. The van der Waals surface area contributed by atoms with Crippen LogP contribution >= 0.6 is 0 Å². The molecule has 0 aliphatic carbocycles. The number of nitrogens with zero attached hydrogens (tertiary/aromatic N) is 1. The Kier molecular flexibility index (Phi) is 4.77. The average molecular weight is 312 g/mol. The van der Waals surface area contributed by atoms with Gasteiger partial charge in [0.15, 0.2) is 17.5 Å². The summed E-state index contributed by atoms with van der Waals surface area (Å²) in [5.41, 5.74) is -0.465. The predicted molar refractivity (Wildman–Crippen MR) is 64.2 cm³/mol. The summed E-state index contributed by atoms with van der Waals surface area (Å²) in [5, 5.41) is 2.97. The van der Waals surface area contributed by atoms with Crippen LogP contribution < -0.4 is 5.32 Å². The number of hydrogen-bond acceptors (Lipinski definition) is 2. The zero-order valence-electron chi connectivity index (χ0n) is 11.0. The number of nitrogens with one attached hydrogen (secondary N) is 1. The van der Waals surface area contributed by atoms with Gasteiger partial charge in [0, 0.05) is 37.8 Å². The topological polar surface area (TPSA) is 15.3 Å². The SMILES string of the molecule is Fc1ccc([C@@H](CC(F)(F)F)N2CCNCC2)c(F)c1F. The molecule has 2 nitrogen and oxygen atoms in total. The lowest BCUT2D eigenvalue weighted by Gasteiger charge is -2.35. The molecule has 0 unspecified atom stereocenters. The number of benzene rings is 1. The first-order valence-corrected chi connectivity index (χ1v) is 6.44. The van der Waals surface area contributed by atoms with Gasteiger partial charge in [-0.1, -0.05) is 6.07 Å². The maximum Gasteiger partial charge on any atom is 0.390 e. The van der Waals surface area contributed by atoms with Crippen molar-refractivity contribution in [1.82, 2.24) is 10.2 Å². The van der Waals surface area contributed by atoms with Crippen molar-refractivity contribution in [2.45, 2.75) is 18.6 Å². The molecule has 1 aromatic rings. The summed E-state index contributed by atoms with van der Waals surface area (Å²) in [5.74, 6) is -4.71. The molecule has 0 saturated carbocycles. The number of piperazine rings is 1. The molecule has 21 heavy (non-hydrogen) atoms. The highest BCUT2D eigenvalue weighted by Crippen LogP contribution is 2.35. The molecule has 1 aliphatic rings. The minimum atomic E-state index is -4.53. The largest absolute Gasteiger partial charge is 0.390 e. The first-order chi connectivity index (χ1) is 9.79. The van der Waals surface area contributed by atoms with Gasteiger partial charge in [0.05, 0.1) is 6.42 Å². The highest BCUT2D eigenvalue weighted by molar-refractivity contribution is 5.24. The zero-order chi connectivity index (χ0) is 15.6. The van der Waals surface area contributed by atoms with Gasteiger partial charge in [0.2, 0.25) is 0 Å². The Morgan fingerprint density at radius 3 is 2.24 bits per heavy atom. The van der Waals surface area contributed by atoms with Crippen LogP contribution in [0.5, 0.6) is 0 Å². The third-order valence-electron chi connectivity index (χ3n) is 3.44. The van der Waals surface area contributed by atoms with Gasteiger partial charge in [-0.2, -0.15) is 13.2 Å². The first kappa shape index (κ1) is 16.1. The lowest BCUT2D eigenvalue weighted by molar-refractivity contribution is -0.149. The van der Waals surface area contributed by atoms with E-state index < -0.39 is 41.7 Å². The molecule has 0 spiro atoms. The molecular weight excluding hydrogens is 298 g/mol. The van der Waals surface area contributed by atoms with Gasteiger partial charge >= 0.3 is 6.18 Å². The molecule has 0 aromatic heterocycles. The average Bonchev–Trinajstić information content (AvgIpc) is 2.43. The summed E-state index contributed by atoms with van der Waals surface area (Å²) in [6.07, 6.45) is -5.85. The van der Waals surface area contributed by atoms with Crippen LogP contribution in [-0.2, 0) is 0 Å². The summed E-state index contributed by atoms with van der Waals surface area (Å²) >= 11 is 0. The molecule has 0 radical (unpaired) electrons. The fourth-order valence-electron chi connectivity index (χ4n) is 2.45. The lowest BCUT2D eigenvalue weighted by atomic mass is 9.99. The second-order valence-electron chi connectivity index (χ2n) is 4.89. The molecular formula is C13H14F6N2. The quantitative estimate of drug-likeness (QED) is 0.682. The van der Waals surface area contributed by atoms with Crippen LogP contribution in [0.15, 0.2) is 12.1 Å². The molecule has 1 aliphatic heterocycles. The van der Waals surface area contributed by atoms with E-state index in [-0.39, 0.29) is 13.1 Å². The van der Waals surface area contributed by atoms with Crippen LogP contribution in [0, 0.1) is 17.5 Å². The van der Waals surface area contributed by atoms with E-state index in [0.717, 1.165) is 6.07 Å². The molecule has 1 N–H and O–H groups in total. The second-order valence-corrected chi connectivity index (χ2v) is 4.89. The van der Waals surface area contributed by atoms with Crippen LogP contribution in [-0.4, -0.2) is 37.3 Å². The van der Waals surface area contributed by atoms with Crippen molar-refractivity contribution in [3.63, 3.8) is 0 Å². The minimum absolute atomic E-state index is 0.277. The predicted octanol–water partition coefficient (Wildman–Crippen LogP) is 3.00. The van der Waals surface area contributed by atoms with Crippen molar-refractivity contribution in [2.75, 3.05) is 26.2 Å². The highest BCUT2D eigenvalue weighted by atomic mass is 19.4. The van der Waals surface area contributed by atoms with Crippen LogP contribution in [0.3, 0.4) is 0 Å². The zero-order valence-corrected chi connectivity index (χ0v) is 11.0. The highest BCUT2D eigenvalue weighted by Gasteiger charge is 2.37. The number of halogens is 6. The van der Waals surface area contributed by atoms with Crippen molar-refractivity contribution in [2.24, 2.45) is 0 Å². The normalized spacial score (nSPS) is 18.8. The fraction of sp³-hybridized carbons (Fsp3) is 0.538. The summed E-state index contributed by atoms with van der Waals surface area (Å²) in [7, 11) is 0. The van der Waals surface area contributed by atoms with Gasteiger partial charge in [0.1, 0.15) is 0 Å². The summed E-state index contributed by atoms with van der Waals surface area (Å²) < 4.78 is 78.2. The van der Waals surface area contributed by atoms with E-state index >= 15 is 0 Å². The molecule has 1 fully saturated rings. The number of rotatable bonds is 3. The third kappa shape index (κ3) is 3.88. The van der Waals surface area contributed by atoms with E-state index in [0.29, 0.717) is 19.2 Å². The minimum Gasteiger partial charge on any atom is -0.314 e. The Labute approximate surface area is 117 Å². The Hall–Kier alpha value is -1.28. The van der Waals surface area contributed by atoms with E-state index in [1.54, 1.807) is 0 Å². The first-order valence-electron chi connectivity index (χ1n) is 6.44. The van der Waals surface area contributed by atoms with Gasteiger partial charge in [0.25, 0.3) is 0 Å². The lowest BCUT2D eigenvalue weighted by Crippen LogP contribution is -2.46. The van der Waals surface area contributed by atoms with Crippen LogP contribution in [0.4, 0.5) is 26.3 Å². The standard InChI is InChI=1S/C13H14F6N2/c14-9-2-1-8(11(15)12(9)16)10(7-13(17,18)19)21-5-3-20-4-6-21/h1-2,10,20H,3-7H2/t10-/m1/s1. The number of hydrogen-bond donors (Lipinski definition) is 1. The Morgan fingerprint density at radius 1 is 1.05 bits per heavy atom. The Bertz CT molecular complexity index is 496. The van der Waals surface area contributed by atoms with E-state index in [4.69, 9.17) is 0 Å². The van der Waals surface area contributed by atoms with Crippen molar-refractivity contribution in [3.8, 4) is 0 Å². The van der Waals surface area contributed by atoms with Crippen molar-refractivity contribution < 1.29 is 26.3 Å². The summed E-state index contributed by atoms with van der Waals surface area (Å²) in [6.45, 7) is 1.47. The fourth-order valence-corrected chi connectivity index (χ4v) is 2.45. The summed E-state index contributed by atoms with van der Waals surface area (Å²) in [6, 6.07) is 0.174. The van der Waals surface area contributed by atoms with Crippen molar-refractivity contribution in [3.05, 3.63) is 35.1 Å². The monoisotopic (exact) mass is 312 g/mol. The molecule has 118 valence electrons. The molecule has 1 aromatic carbocycles. The molecule has 8 heteroatoms. The summed E-state index contributed by atoms with van der Waals surface area (Å²) in [4.78, 5) is 1.43.